The van der Waals surface area contributed by atoms with Gasteiger partial charge in [0, 0.05) is 37.0 Å². The molecule has 0 amide bonds. The van der Waals surface area contributed by atoms with Crippen molar-refractivity contribution < 1.29 is 4.74 Å². The van der Waals surface area contributed by atoms with E-state index in [2.05, 4.69) is 28.7 Å². The third-order valence-corrected chi connectivity index (χ3v) is 3.48. The van der Waals surface area contributed by atoms with Gasteiger partial charge in [-0.25, -0.2) is 0 Å². The number of hydrogen-bond donors (Lipinski definition) is 1. The Hall–Kier alpha value is -1.81. The average molecular weight is 271 g/mol. The minimum absolute atomic E-state index is 0.682. The van der Waals surface area contributed by atoms with Gasteiger partial charge >= 0.3 is 0 Å². The highest BCUT2D eigenvalue weighted by atomic mass is 16.5. The van der Waals surface area contributed by atoms with Gasteiger partial charge < -0.3 is 10.1 Å². The number of rotatable bonds is 6. The van der Waals surface area contributed by atoms with E-state index in [1.54, 1.807) is 0 Å². The Balaban J connectivity index is 1.85. The third-order valence-electron chi connectivity index (χ3n) is 3.48. The molecule has 1 saturated carbocycles. The summed E-state index contributed by atoms with van der Waals surface area (Å²) >= 11 is 0. The van der Waals surface area contributed by atoms with Crippen LogP contribution in [0, 0.1) is 0 Å². The normalized spacial score (nSPS) is 14.5. The van der Waals surface area contributed by atoms with Crippen LogP contribution in [0.2, 0.25) is 0 Å². The monoisotopic (exact) mass is 271 g/mol. The van der Waals surface area contributed by atoms with Crippen LogP contribution in [0.1, 0.15) is 25.3 Å². The van der Waals surface area contributed by atoms with E-state index < -0.39 is 0 Å². The smallest absolute Gasteiger partial charge is 0.119 e. The molecule has 4 nitrogen and oxygen atoms in total. The Labute approximate surface area is 119 Å². The van der Waals surface area contributed by atoms with Crippen molar-refractivity contribution >= 4 is 0 Å². The Kier molecular flexibility index (Phi) is 3.74. The molecule has 0 aliphatic heterocycles. The highest BCUT2D eigenvalue weighted by Gasteiger charge is 2.21. The number of ether oxygens (including phenoxy) is 1. The molecule has 1 N–H and O–H groups in total. The van der Waals surface area contributed by atoms with Crippen molar-refractivity contribution in [3.8, 4) is 17.0 Å². The maximum atomic E-state index is 5.57. The predicted octanol–water partition coefficient (Wildman–Crippen LogP) is 2.74. The summed E-state index contributed by atoms with van der Waals surface area (Å²) in [6.45, 7) is 3.56. The number of nitrogens with one attached hydrogen (secondary N) is 1. The summed E-state index contributed by atoms with van der Waals surface area (Å²) in [6, 6.07) is 8.86. The first-order valence-electron chi connectivity index (χ1n) is 7.25. The maximum Gasteiger partial charge on any atom is 0.119 e. The minimum atomic E-state index is 0.682. The van der Waals surface area contributed by atoms with Gasteiger partial charge in [0.1, 0.15) is 5.75 Å². The summed E-state index contributed by atoms with van der Waals surface area (Å²) in [6.07, 6.45) is 4.70. The fourth-order valence-electron chi connectivity index (χ4n) is 2.35. The Morgan fingerprint density at radius 3 is 3.00 bits per heavy atom. The molecule has 0 spiro atoms. The number of nitrogens with zero attached hydrogens (tertiary/aromatic N) is 2. The van der Waals surface area contributed by atoms with Gasteiger partial charge in [0.2, 0.25) is 0 Å². The van der Waals surface area contributed by atoms with E-state index in [4.69, 9.17) is 4.74 Å². The minimum Gasteiger partial charge on any atom is -0.494 e. The molecule has 1 heterocycles. The molecule has 106 valence electrons. The zero-order valence-corrected chi connectivity index (χ0v) is 12.1. The van der Waals surface area contributed by atoms with Crippen molar-refractivity contribution in [3.05, 3.63) is 36.0 Å². The van der Waals surface area contributed by atoms with Crippen LogP contribution in [0.25, 0.3) is 11.3 Å². The predicted molar refractivity (Wildman–Crippen MR) is 79.7 cm³/mol. The SMILES string of the molecule is CCOc1cccc(-c2nn(C)cc2CNC2CC2)c1. The van der Waals surface area contributed by atoms with Crippen molar-refractivity contribution in [1.82, 2.24) is 15.1 Å². The van der Waals surface area contributed by atoms with Gasteiger partial charge in [-0.05, 0) is 31.9 Å². The highest BCUT2D eigenvalue weighted by Crippen LogP contribution is 2.27. The molecule has 20 heavy (non-hydrogen) atoms. The lowest BCUT2D eigenvalue weighted by Crippen LogP contribution is -2.15. The zero-order chi connectivity index (χ0) is 13.9. The van der Waals surface area contributed by atoms with E-state index in [0.29, 0.717) is 12.6 Å². The molecule has 1 aromatic carbocycles. The molecule has 0 bridgehead atoms. The molecule has 0 unspecified atom stereocenters. The van der Waals surface area contributed by atoms with Crippen LogP contribution in [0.3, 0.4) is 0 Å². The van der Waals surface area contributed by atoms with Crippen LogP contribution >= 0.6 is 0 Å². The molecule has 2 aromatic rings. The van der Waals surface area contributed by atoms with Crippen LogP contribution < -0.4 is 10.1 Å². The van der Waals surface area contributed by atoms with Gasteiger partial charge in [-0.2, -0.15) is 5.10 Å². The number of hydrogen-bond acceptors (Lipinski definition) is 3. The Bertz CT molecular complexity index is 587. The molecular formula is C16H21N3O. The van der Waals surface area contributed by atoms with Crippen molar-refractivity contribution in [3.63, 3.8) is 0 Å². The van der Waals surface area contributed by atoms with E-state index in [1.807, 2.05) is 30.8 Å². The Morgan fingerprint density at radius 1 is 1.40 bits per heavy atom. The lowest BCUT2D eigenvalue weighted by molar-refractivity contribution is 0.340. The average Bonchev–Trinajstić information content (AvgIpc) is 3.20. The molecule has 3 rings (SSSR count). The lowest BCUT2D eigenvalue weighted by Gasteiger charge is -2.07. The second-order valence-electron chi connectivity index (χ2n) is 5.29. The fraction of sp³-hybridized carbons (Fsp3) is 0.438. The van der Waals surface area contributed by atoms with Crippen molar-refractivity contribution in [2.24, 2.45) is 7.05 Å². The summed E-state index contributed by atoms with van der Waals surface area (Å²) in [5.74, 6) is 0.900. The van der Waals surface area contributed by atoms with Crippen LogP contribution in [0.5, 0.6) is 5.75 Å². The van der Waals surface area contributed by atoms with Gasteiger partial charge in [-0.1, -0.05) is 12.1 Å². The van der Waals surface area contributed by atoms with Crippen molar-refractivity contribution in [1.29, 1.82) is 0 Å². The number of aromatic nitrogens is 2. The first kappa shape index (κ1) is 13.2. The first-order valence-corrected chi connectivity index (χ1v) is 7.25. The van der Waals surface area contributed by atoms with E-state index in [-0.39, 0.29) is 0 Å². The van der Waals surface area contributed by atoms with E-state index in [9.17, 15) is 0 Å². The van der Waals surface area contributed by atoms with Crippen LogP contribution in [-0.4, -0.2) is 22.4 Å². The summed E-state index contributed by atoms with van der Waals surface area (Å²) in [4.78, 5) is 0. The molecular weight excluding hydrogens is 250 g/mol. The van der Waals surface area contributed by atoms with Crippen LogP contribution in [-0.2, 0) is 13.6 Å². The molecule has 1 aliphatic carbocycles. The first-order chi connectivity index (χ1) is 9.76. The standard InChI is InChI=1S/C16H21N3O/c1-3-20-15-6-4-5-12(9-15)16-13(11-19(2)18-16)10-17-14-7-8-14/h4-6,9,11,14,17H,3,7-8,10H2,1-2H3. The molecule has 0 radical (unpaired) electrons. The van der Waals surface area contributed by atoms with Gasteiger partial charge in [-0.3, -0.25) is 4.68 Å². The zero-order valence-electron chi connectivity index (χ0n) is 12.1. The second kappa shape index (κ2) is 5.67. The third kappa shape index (κ3) is 3.02. The molecule has 4 heteroatoms. The number of aryl methyl sites for hydroxylation is 1. The lowest BCUT2D eigenvalue weighted by atomic mass is 10.1. The summed E-state index contributed by atoms with van der Waals surface area (Å²) in [5.41, 5.74) is 3.40. The van der Waals surface area contributed by atoms with Gasteiger partial charge in [0.05, 0.1) is 12.3 Å². The second-order valence-corrected chi connectivity index (χ2v) is 5.29. The molecule has 1 aliphatic rings. The van der Waals surface area contributed by atoms with Crippen molar-refractivity contribution in [2.45, 2.75) is 32.4 Å². The Morgan fingerprint density at radius 2 is 2.25 bits per heavy atom. The molecule has 0 atom stereocenters. The highest BCUT2D eigenvalue weighted by molar-refractivity contribution is 5.64. The topological polar surface area (TPSA) is 39.1 Å². The van der Waals surface area contributed by atoms with Gasteiger partial charge in [-0.15, -0.1) is 0 Å². The number of benzene rings is 1. The van der Waals surface area contributed by atoms with Gasteiger partial charge in [0.25, 0.3) is 0 Å². The van der Waals surface area contributed by atoms with Crippen molar-refractivity contribution in [2.75, 3.05) is 6.61 Å². The van der Waals surface area contributed by atoms with E-state index >= 15 is 0 Å². The van der Waals surface area contributed by atoms with E-state index in [1.165, 1.54) is 18.4 Å². The summed E-state index contributed by atoms with van der Waals surface area (Å²) in [7, 11) is 1.97. The fourth-order valence-corrected chi connectivity index (χ4v) is 2.35. The van der Waals surface area contributed by atoms with Crippen LogP contribution in [0.15, 0.2) is 30.5 Å². The largest absolute Gasteiger partial charge is 0.494 e. The molecule has 1 aromatic heterocycles. The molecule has 0 saturated heterocycles. The molecule has 1 fully saturated rings. The quantitative estimate of drug-likeness (QED) is 0.878. The van der Waals surface area contributed by atoms with Crippen LogP contribution in [0.4, 0.5) is 0 Å². The maximum absolute atomic E-state index is 5.57. The summed E-state index contributed by atoms with van der Waals surface area (Å²) in [5, 5.41) is 8.15. The van der Waals surface area contributed by atoms with E-state index in [0.717, 1.165) is 23.6 Å². The van der Waals surface area contributed by atoms with Gasteiger partial charge in [0.15, 0.2) is 0 Å². The summed E-state index contributed by atoms with van der Waals surface area (Å²) < 4.78 is 7.45.